The number of carbonyl (C=O) groups excluding carboxylic acids is 1. The molecule has 1 fully saturated rings. The van der Waals surface area contributed by atoms with Gasteiger partial charge < -0.3 is 10.2 Å². The van der Waals surface area contributed by atoms with E-state index in [-0.39, 0.29) is 0 Å². The topological polar surface area (TPSA) is 32.3 Å². The Morgan fingerprint density at radius 1 is 1.46 bits per heavy atom. The van der Waals surface area contributed by atoms with Crippen LogP contribution in [0, 0.1) is 5.92 Å². The summed E-state index contributed by atoms with van der Waals surface area (Å²) in [4.78, 5) is 13.6. The molecule has 1 heterocycles. The maximum atomic E-state index is 11.6. The standard InChI is InChI=1S/C10H20N2O/c1-9(8-11-2)7-10(13)12-5-3-4-6-12/h9,11H,3-8H2,1-2H3. The lowest BCUT2D eigenvalue weighted by atomic mass is 10.1. The minimum absolute atomic E-state index is 0.334. The second-order valence-electron chi connectivity index (χ2n) is 3.95. The molecule has 3 nitrogen and oxygen atoms in total. The van der Waals surface area contributed by atoms with Crippen LogP contribution in [0.4, 0.5) is 0 Å². The monoisotopic (exact) mass is 184 g/mol. The van der Waals surface area contributed by atoms with E-state index in [0.717, 1.165) is 19.6 Å². The SMILES string of the molecule is CNCC(C)CC(=O)N1CCCC1. The van der Waals surface area contributed by atoms with Gasteiger partial charge in [0.15, 0.2) is 0 Å². The van der Waals surface area contributed by atoms with Gasteiger partial charge in [-0.25, -0.2) is 0 Å². The number of rotatable bonds is 4. The van der Waals surface area contributed by atoms with Crippen molar-refractivity contribution in [2.45, 2.75) is 26.2 Å². The number of nitrogens with one attached hydrogen (secondary N) is 1. The Labute approximate surface area is 80.5 Å². The summed E-state index contributed by atoms with van der Waals surface area (Å²) in [5, 5.41) is 3.09. The van der Waals surface area contributed by atoms with Crippen molar-refractivity contribution in [1.82, 2.24) is 10.2 Å². The van der Waals surface area contributed by atoms with Crippen molar-refractivity contribution in [2.24, 2.45) is 5.92 Å². The molecule has 1 aliphatic rings. The van der Waals surface area contributed by atoms with Gasteiger partial charge in [-0.3, -0.25) is 4.79 Å². The Balaban J connectivity index is 2.23. The van der Waals surface area contributed by atoms with E-state index in [9.17, 15) is 4.79 Å². The van der Waals surface area contributed by atoms with E-state index in [0.29, 0.717) is 18.2 Å². The van der Waals surface area contributed by atoms with Crippen molar-refractivity contribution in [3.63, 3.8) is 0 Å². The summed E-state index contributed by atoms with van der Waals surface area (Å²) in [7, 11) is 1.93. The summed E-state index contributed by atoms with van der Waals surface area (Å²) >= 11 is 0. The first kappa shape index (κ1) is 10.5. The molecule has 1 atom stereocenters. The maximum absolute atomic E-state index is 11.6. The zero-order chi connectivity index (χ0) is 9.68. The first-order chi connectivity index (χ1) is 6.24. The zero-order valence-corrected chi connectivity index (χ0v) is 8.68. The average molecular weight is 184 g/mol. The quantitative estimate of drug-likeness (QED) is 0.702. The predicted octanol–water partition coefficient (Wildman–Crippen LogP) is 0.854. The molecule has 0 saturated carbocycles. The van der Waals surface area contributed by atoms with Gasteiger partial charge in [0.1, 0.15) is 0 Å². The number of hydrogen-bond donors (Lipinski definition) is 1. The Morgan fingerprint density at radius 2 is 2.08 bits per heavy atom. The van der Waals surface area contributed by atoms with Gasteiger partial charge in [-0.1, -0.05) is 6.92 Å². The molecule has 3 heteroatoms. The van der Waals surface area contributed by atoms with E-state index in [2.05, 4.69) is 12.2 Å². The van der Waals surface area contributed by atoms with Crippen molar-refractivity contribution in [3.8, 4) is 0 Å². The van der Waals surface area contributed by atoms with Gasteiger partial charge in [0.2, 0.25) is 5.91 Å². The van der Waals surface area contributed by atoms with E-state index in [1.165, 1.54) is 12.8 Å². The van der Waals surface area contributed by atoms with Crippen LogP contribution >= 0.6 is 0 Å². The van der Waals surface area contributed by atoms with Crippen LogP contribution in [0.25, 0.3) is 0 Å². The van der Waals surface area contributed by atoms with Gasteiger partial charge >= 0.3 is 0 Å². The predicted molar refractivity (Wildman–Crippen MR) is 53.5 cm³/mol. The van der Waals surface area contributed by atoms with Crippen molar-refractivity contribution < 1.29 is 4.79 Å². The van der Waals surface area contributed by atoms with Crippen LogP contribution in [0.5, 0.6) is 0 Å². The molecule has 0 aliphatic carbocycles. The molecule has 0 aromatic carbocycles. The largest absolute Gasteiger partial charge is 0.343 e. The molecule has 1 unspecified atom stereocenters. The van der Waals surface area contributed by atoms with Crippen molar-refractivity contribution >= 4 is 5.91 Å². The molecule has 0 bridgehead atoms. The molecule has 1 saturated heterocycles. The van der Waals surface area contributed by atoms with Gasteiger partial charge in [-0.05, 0) is 32.4 Å². The van der Waals surface area contributed by atoms with Crippen LogP contribution in [-0.2, 0) is 4.79 Å². The van der Waals surface area contributed by atoms with Gasteiger partial charge in [0.25, 0.3) is 0 Å². The Bertz CT molecular complexity index is 164. The van der Waals surface area contributed by atoms with E-state index in [4.69, 9.17) is 0 Å². The van der Waals surface area contributed by atoms with Crippen LogP contribution in [-0.4, -0.2) is 37.5 Å². The number of likely N-dealkylation sites (tertiary alicyclic amines) is 1. The van der Waals surface area contributed by atoms with Crippen LogP contribution in [0.15, 0.2) is 0 Å². The van der Waals surface area contributed by atoms with Gasteiger partial charge in [-0.2, -0.15) is 0 Å². The molecule has 1 aliphatic heterocycles. The summed E-state index contributed by atoms with van der Waals surface area (Å²) in [6.07, 6.45) is 3.07. The minimum Gasteiger partial charge on any atom is -0.343 e. The molecule has 76 valence electrons. The third kappa shape index (κ3) is 3.35. The Hall–Kier alpha value is -0.570. The highest BCUT2D eigenvalue weighted by atomic mass is 16.2. The molecule has 0 aromatic rings. The summed E-state index contributed by atoms with van der Waals surface area (Å²) < 4.78 is 0. The maximum Gasteiger partial charge on any atom is 0.222 e. The number of nitrogens with zero attached hydrogens (tertiary/aromatic N) is 1. The van der Waals surface area contributed by atoms with Crippen molar-refractivity contribution in [2.75, 3.05) is 26.7 Å². The van der Waals surface area contributed by atoms with Gasteiger partial charge in [0.05, 0.1) is 0 Å². The molecular weight excluding hydrogens is 164 g/mol. The third-order valence-corrected chi connectivity index (χ3v) is 2.53. The highest BCUT2D eigenvalue weighted by Gasteiger charge is 2.19. The first-order valence-corrected chi connectivity index (χ1v) is 5.16. The van der Waals surface area contributed by atoms with Crippen LogP contribution in [0.2, 0.25) is 0 Å². The lowest BCUT2D eigenvalue weighted by Crippen LogP contribution is -2.30. The fourth-order valence-corrected chi connectivity index (χ4v) is 1.81. The Morgan fingerprint density at radius 3 is 2.62 bits per heavy atom. The molecule has 0 spiro atoms. The molecule has 1 amide bonds. The molecule has 1 rings (SSSR count). The lowest BCUT2D eigenvalue weighted by molar-refractivity contribution is -0.130. The minimum atomic E-state index is 0.334. The summed E-state index contributed by atoms with van der Waals surface area (Å²) in [6, 6.07) is 0. The molecule has 1 N–H and O–H groups in total. The second-order valence-corrected chi connectivity index (χ2v) is 3.95. The average Bonchev–Trinajstić information content (AvgIpc) is 2.55. The fraction of sp³-hybridized carbons (Fsp3) is 0.900. The third-order valence-electron chi connectivity index (χ3n) is 2.53. The summed E-state index contributed by atoms with van der Waals surface area (Å²) in [5.41, 5.74) is 0. The Kier molecular flexibility index (Phi) is 4.22. The van der Waals surface area contributed by atoms with Crippen molar-refractivity contribution in [1.29, 1.82) is 0 Å². The molecular formula is C10H20N2O. The van der Waals surface area contributed by atoms with Crippen LogP contribution in [0.1, 0.15) is 26.2 Å². The van der Waals surface area contributed by atoms with E-state index >= 15 is 0 Å². The summed E-state index contributed by atoms with van der Waals surface area (Å²) in [6.45, 7) is 5.00. The van der Waals surface area contributed by atoms with E-state index in [1.807, 2.05) is 11.9 Å². The zero-order valence-electron chi connectivity index (χ0n) is 8.68. The normalized spacial score (nSPS) is 19.1. The number of carbonyl (C=O) groups is 1. The van der Waals surface area contributed by atoms with Gasteiger partial charge in [-0.15, -0.1) is 0 Å². The second kappa shape index (κ2) is 5.22. The van der Waals surface area contributed by atoms with E-state index < -0.39 is 0 Å². The van der Waals surface area contributed by atoms with Gasteiger partial charge in [0, 0.05) is 19.5 Å². The number of amides is 1. The highest BCUT2D eigenvalue weighted by Crippen LogP contribution is 2.11. The smallest absolute Gasteiger partial charge is 0.222 e. The highest BCUT2D eigenvalue weighted by molar-refractivity contribution is 5.76. The van der Waals surface area contributed by atoms with Crippen LogP contribution < -0.4 is 5.32 Å². The molecule has 0 aromatic heterocycles. The molecule has 13 heavy (non-hydrogen) atoms. The van der Waals surface area contributed by atoms with E-state index in [1.54, 1.807) is 0 Å². The first-order valence-electron chi connectivity index (χ1n) is 5.16. The molecule has 0 radical (unpaired) electrons. The number of hydrogen-bond acceptors (Lipinski definition) is 2. The summed E-state index contributed by atoms with van der Waals surface area (Å²) in [5.74, 6) is 0.790. The lowest BCUT2D eigenvalue weighted by Gasteiger charge is -2.17. The fourth-order valence-electron chi connectivity index (χ4n) is 1.81. The van der Waals surface area contributed by atoms with Crippen molar-refractivity contribution in [3.05, 3.63) is 0 Å². The van der Waals surface area contributed by atoms with Crippen LogP contribution in [0.3, 0.4) is 0 Å².